The summed E-state index contributed by atoms with van der Waals surface area (Å²) in [6, 6.07) is 5.85. The lowest BCUT2D eigenvalue weighted by Crippen LogP contribution is -2.18. The van der Waals surface area contributed by atoms with Gasteiger partial charge in [0.05, 0.1) is 18.3 Å². The molecule has 3 heterocycles. The number of ether oxygens (including phenoxy) is 1. The van der Waals surface area contributed by atoms with Crippen LogP contribution in [0.3, 0.4) is 0 Å². The Morgan fingerprint density at radius 2 is 2.00 bits per heavy atom. The molecule has 0 spiro atoms. The Morgan fingerprint density at radius 1 is 1.18 bits per heavy atom. The third-order valence-electron chi connectivity index (χ3n) is 3.19. The lowest BCUT2D eigenvalue weighted by Gasteiger charge is -2.18. The maximum absolute atomic E-state index is 5.18. The molecule has 1 aliphatic heterocycles. The van der Waals surface area contributed by atoms with E-state index in [1.165, 1.54) is 18.5 Å². The van der Waals surface area contributed by atoms with Crippen molar-refractivity contribution in [2.24, 2.45) is 0 Å². The van der Waals surface area contributed by atoms with Crippen LogP contribution in [0.1, 0.15) is 12.8 Å². The lowest BCUT2D eigenvalue weighted by atomic mass is 10.2. The highest BCUT2D eigenvalue weighted by Gasteiger charge is 2.16. The first kappa shape index (κ1) is 10.3. The number of hydrogen-bond acceptors (Lipinski definition) is 4. The molecule has 1 aliphatic rings. The molecular formula is C13H15N3O. The molecule has 1 saturated heterocycles. The zero-order valence-corrected chi connectivity index (χ0v) is 9.89. The third kappa shape index (κ3) is 1.79. The van der Waals surface area contributed by atoms with E-state index in [4.69, 9.17) is 4.74 Å². The van der Waals surface area contributed by atoms with Gasteiger partial charge in [-0.25, -0.2) is 4.98 Å². The molecule has 88 valence electrons. The van der Waals surface area contributed by atoms with Crippen LogP contribution in [0.5, 0.6) is 5.88 Å². The number of rotatable bonds is 2. The Morgan fingerprint density at radius 3 is 2.76 bits per heavy atom. The van der Waals surface area contributed by atoms with E-state index >= 15 is 0 Å². The molecule has 4 nitrogen and oxygen atoms in total. The van der Waals surface area contributed by atoms with Gasteiger partial charge in [-0.3, -0.25) is 4.98 Å². The number of aromatic nitrogens is 2. The van der Waals surface area contributed by atoms with Crippen molar-refractivity contribution in [1.82, 2.24) is 9.97 Å². The van der Waals surface area contributed by atoms with Gasteiger partial charge in [-0.05, 0) is 25.0 Å². The van der Waals surface area contributed by atoms with E-state index in [9.17, 15) is 0 Å². The molecule has 0 atom stereocenters. The van der Waals surface area contributed by atoms with Crippen molar-refractivity contribution in [3.63, 3.8) is 0 Å². The van der Waals surface area contributed by atoms with Crippen molar-refractivity contribution in [2.45, 2.75) is 12.8 Å². The number of pyridine rings is 2. The van der Waals surface area contributed by atoms with E-state index < -0.39 is 0 Å². The fourth-order valence-corrected chi connectivity index (χ4v) is 2.32. The summed E-state index contributed by atoms with van der Waals surface area (Å²) < 4.78 is 5.18. The quantitative estimate of drug-likeness (QED) is 0.791. The molecule has 0 saturated carbocycles. The molecule has 0 amide bonds. The van der Waals surface area contributed by atoms with Crippen LogP contribution in [-0.4, -0.2) is 30.2 Å². The molecule has 2 aromatic rings. The maximum atomic E-state index is 5.18. The fourth-order valence-electron chi connectivity index (χ4n) is 2.32. The van der Waals surface area contributed by atoms with E-state index in [-0.39, 0.29) is 0 Å². The van der Waals surface area contributed by atoms with Crippen molar-refractivity contribution in [1.29, 1.82) is 0 Å². The van der Waals surface area contributed by atoms with E-state index in [1.54, 1.807) is 7.11 Å². The Bertz CT molecular complexity index is 535. The highest BCUT2D eigenvalue weighted by atomic mass is 16.5. The Hall–Kier alpha value is -1.84. The minimum absolute atomic E-state index is 0.644. The Labute approximate surface area is 100 Å². The molecule has 2 aromatic heterocycles. The molecule has 0 bridgehead atoms. The molecule has 0 N–H and O–H groups in total. The molecule has 3 rings (SSSR count). The highest BCUT2D eigenvalue weighted by Crippen LogP contribution is 2.27. The number of hydrogen-bond donors (Lipinski definition) is 0. The van der Waals surface area contributed by atoms with Gasteiger partial charge in [0, 0.05) is 25.4 Å². The average molecular weight is 229 g/mol. The molecule has 4 heteroatoms. The van der Waals surface area contributed by atoms with Crippen molar-refractivity contribution < 1.29 is 4.74 Å². The largest absolute Gasteiger partial charge is 0.481 e. The number of fused-ring (bicyclic) bond motifs is 1. The summed E-state index contributed by atoms with van der Waals surface area (Å²) in [7, 11) is 1.64. The molecular weight excluding hydrogens is 214 g/mol. The van der Waals surface area contributed by atoms with E-state index in [0.717, 1.165) is 24.1 Å². The summed E-state index contributed by atoms with van der Waals surface area (Å²) in [6.45, 7) is 2.22. The topological polar surface area (TPSA) is 38.2 Å². The first-order chi connectivity index (χ1) is 8.38. The van der Waals surface area contributed by atoms with Gasteiger partial charge < -0.3 is 9.64 Å². The summed E-state index contributed by atoms with van der Waals surface area (Å²) >= 11 is 0. The summed E-state index contributed by atoms with van der Waals surface area (Å²) in [6.07, 6.45) is 4.37. The van der Waals surface area contributed by atoms with Crippen LogP contribution in [0.25, 0.3) is 11.0 Å². The molecule has 0 radical (unpaired) electrons. The second-order valence-corrected chi connectivity index (χ2v) is 4.25. The average Bonchev–Trinajstić information content (AvgIpc) is 2.91. The number of nitrogens with zero attached hydrogens (tertiary/aromatic N) is 3. The van der Waals surface area contributed by atoms with E-state index in [1.807, 2.05) is 24.4 Å². The zero-order chi connectivity index (χ0) is 11.7. The first-order valence-corrected chi connectivity index (χ1v) is 5.93. The Balaban J connectivity index is 2.15. The fraction of sp³-hybridized carbons (Fsp3) is 0.385. The molecule has 0 aliphatic carbocycles. The molecule has 17 heavy (non-hydrogen) atoms. The van der Waals surface area contributed by atoms with Crippen molar-refractivity contribution in [3.8, 4) is 5.88 Å². The van der Waals surface area contributed by atoms with Gasteiger partial charge in [-0.15, -0.1) is 0 Å². The van der Waals surface area contributed by atoms with Crippen molar-refractivity contribution in [3.05, 3.63) is 24.4 Å². The van der Waals surface area contributed by atoms with Crippen LogP contribution < -0.4 is 9.64 Å². The molecule has 1 fully saturated rings. The van der Waals surface area contributed by atoms with Gasteiger partial charge in [-0.1, -0.05) is 0 Å². The van der Waals surface area contributed by atoms with Crippen LogP contribution >= 0.6 is 0 Å². The smallest absolute Gasteiger partial charge is 0.213 e. The highest BCUT2D eigenvalue weighted by molar-refractivity contribution is 5.88. The van der Waals surface area contributed by atoms with Gasteiger partial charge >= 0.3 is 0 Å². The van der Waals surface area contributed by atoms with Gasteiger partial charge in [-0.2, -0.15) is 0 Å². The third-order valence-corrected chi connectivity index (χ3v) is 3.19. The second-order valence-electron chi connectivity index (χ2n) is 4.25. The summed E-state index contributed by atoms with van der Waals surface area (Å²) in [5.74, 6) is 0.644. The van der Waals surface area contributed by atoms with Crippen LogP contribution in [0.15, 0.2) is 24.4 Å². The van der Waals surface area contributed by atoms with Gasteiger partial charge in [0.2, 0.25) is 5.88 Å². The van der Waals surface area contributed by atoms with Crippen LogP contribution in [0, 0.1) is 0 Å². The molecule has 0 aromatic carbocycles. The maximum Gasteiger partial charge on any atom is 0.213 e. The zero-order valence-electron chi connectivity index (χ0n) is 9.89. The summed E-state index contributed by atoms with van der Waals surface area (Å²) in [5, 5.41) is 0. The van der Waals surface area contributed by atoms with Gasteiger partial charge in [0.25, 0.3) is 0 Å². The van der Waals surface area contributed by atoms with Crippen LogP contribution in [-0.2, 0) is 0 Å². The molecule has 0 unspecified atom stereocenters. The minimum Gasteiger partial charge on any atom is -0.481 e. The summed E-state index contributed by atoms with van der Waals surface area (Å²) in [5.41, 5.74) is 3.04. The number of anilines is 1. The Kier molecular flexibility index (Phi) is 2.55. The van der Waals surface area contributed by atoms with E-state index in [0.29, 0.717) is 5.88 Å². The SMILES string of the molecule is COc1ccc2nccc(N3CCCC3)c2n1. The van der Waals surface area contributed by atoms with Crippen LogP contribution in [0.2, 0.25) is 0 Å². The summed E-state index contributed by atoms with van der Waals surface area (Å²) in [4.78, 5) is 11.2. The predicted molar refractivity (Wildman–Crippen MR) is 67.5 cm³/mol. The normalized spacial score (nSPS) is 15.5. The number of methoxy groups -OCH3 is 1. The lowest BCUT2D eigenvalue weighted by molar-refractivity contribution is 0.399. The second kappa shape index (κ2) is 4.20. The van der Waals surface area contributed by atoms with Gasteiger partial charge in [0.15, 0.2) is 0 Å². The van der Waals surface area contributed by atoms with Crippen molar-refractivity contribution >= 4 is 16.7 Å². The first-order valence-electron chi connectivity index (χ1n) is 5.93. The van der Waals surface area contributed by atoms with Crippen LogP contribution in [0.4, 0.5) is 5.69 Å². The van der Waals surface area contributed by atoms with Crippen molar-refractivity contribution in [2.75, 3.05) is 25.1 Å². The van der Waals surface area contributed by atoms with E-state index in [2.05, 4.69) is 14.9 Å². The standard InChI is InChI=1S/C13H15N3O/c1-17-12-5-4-10-13(15-12)11(6-7-14-10)16-8-2-3-9-16/h4-7H,2-3,8-9H2,1H3. The predicted octanol–water partition coefficient (Wildman–Crippen LogP) is 2.24. The minimum atomic E-state index is 0.644. The monoisotopic (exact) mass is 229 g/mol. The van der Waals surface area contributed by atoms with Gasteiger partial charge in [0.1, 0.15) is 5.52 Å².